The quantitative estimate of drug-likeness (QED) is 0.708. The summed E-state index contributed by atoms with van der Waals surface area (Å²) in [7, 11) is 0. The zero-order valence-corrected chi connectivity index (χ0v) is 11.4. The monoisotopic (exact) mass is 261 g/mol. The molecule has 1 saturated heterocycles. The standard InChI is InChI=1S/C14H19N3S/c18-14(16-9-6-15-7-10-16)17-8-5-12-3-1-2-4-13(12)11-17/h1-4,15H,5-11H2. The van der Waals surface area contributed by atoms with Crippen LogP contribution in [0.5, 0.6) is 0 Å². The molecule has 2 aliphatic rings. The number of nitrogens with zero attached hydrogens (tertiary/aromatic N) is 2. The Morgan fingerprint density at radius 2 is 1.72 bits per heavy atom. The number of nitrogens with one attached hydrogen (secondary N) is 1. The van der Waals surface area contributed by atoms with Gasteiger partial charge in [0.25, 0.3) is 0 Å². The third-order valence-electron chi connectivity index (χ3n) is 3.79. The Balaban J connectivity index is 1.69. The first kappa shape index (κ1) is 11.9. The van der Waals surface area contributed by atoms with Crippen LogP contribution in [0.25, 0.3) is 0 Å². The highest BCUT2D eigenvalue weighted by Crippen LogP contribution is 2.19. The minimum absolute atomic E-state index is 0.971. The molecule has 2 heterocycles. The van der Waals surface area contributed by atoms with Crippen LogP contribution in [0.2, 0.25) is 0 Å². The van der Waals surface area contributed by atoms with Crippen molar-refractivity contribution in [2.75, 3.05) is 32.7 Å². The van der Waals surface area contributed by atoms with Gasteiger partial charge in [0.05, 0.1) is 0 Å². The van der Waals surface area contributed by atoms with Crippen LogP contribution in [0.15, 0.2) is 24.3 Å². The van der Waals surface area contributed by atoms with E-state index in [1.807, 2.05) is 0 Å². The zero-order valence-electron chi connectivity index (χ0n) is 10.6. The second-order valence-corrected chi connectivity index (χ2v) is 5.33. The Labute approximate surface area is 114 Å². The summed E-state index contributed by atoms with van der Waals surface area (Å²) in [4.78, 5) is 4.68. The van der Waals surface area contributed by atoms with Gasteiger partial charge < -0.3 is 15.1 Å². The molecule has 1 N–H and O–H groups in total. The lowest BCUT2D eigenvalue weighted by atomic mass is 10.0. The molecule has 1 aromatic rings. The lowest BCUT2D eigenvalue weighted by Gasteiger charge is -2.38. The average molecular weight is 261 g/mol. The molecule has 0 unspecified atom stereocenters. The number of hydrogen-bond acceptors (Lipinski definition) is 2. The van der Waals surface area contributed by atoms with Crippen LogP contribution in [0.3, 0.4) is 0 Å². The van der Waals surface area contributed by atoms with Crippen molar-refractivity contribution in [3.63, 3.8) is 0 Å². The van der Waals surface area contributed by atoms with E-state index in [4.69, 9.17) is 12.2 Å². The largest absolute Gasteiger partial charge is 0.347 e. The van der Waals surface area contributed by atoms with Gasteiger partial charge in [-0.15, -0.1) is 0 Å². The highest BCUT2D eigenvalue weighted by molar-refractivity contribution is 7.80. The number of piperazine rings is 1. The summed E-state index contributed by atoms with van der Waals surface area (Å²) in [5.74, 6) is 0. The molecule has 2 aliphatic heterocycles. The second kappa shape index (κ2) is 5.24. The summed E-state index contributed by atoms with van der Waals surface area (Å²) in [6.45, 7) is 6.20. The Bertz CT molecular complexity index is 440. The zero-order chi connectivity index (χ0) is 12.4. The highest BCUT2D eigenvalue weighted by atomic mass is 32.1. The second-order valence-electron chi connectivity index (χ2n) is 4.96. The third kappa shape index (κ3) is 2.35. The smallest absolute Gasteiger partial charge is 0.171 e. The molecule has 0 aromatic heterocycles. The predicted octanol–water partition coefficient (Wildman–Crippen LogP) is 1.23. The predicted molar refractivity (Wildman–Crippen MR) is 77.6 cm³/mol. The fourth-order valence-electron chi connectivity index (χ4n) is 2.72. The molecule has 0 atom stereocenters. The van der Waals surface area contributed by atoms with E-state index in [9.17, 15) is 0 Å². The van der Waals surface area contributed by atoms with Crippen LogP contribution in [0.4, 0.5) is 0 Å². The van der Waals surface area contributed by atoms with Crippen LogP contribution >= 0.6 is 12.2 Å². The van der Waals surface area contributed by atoms with E-state index in [2.05, 4.69) is 39.4 Å². The maximum absolute atomic E-state index is 5.65. The van der Waals surface area contributed by atoms with E-state index in [1.165, 1.54) is 11.1 Å². The number of hydrogen-bond donors (Lipinski definition) is 1. The number of rotatable bonds is 0. The van der Waals surface area contributed by atoms with Gasteiger partial charge in [-0.1, -0.05) is 24.3 Å². The molecule has 3 nitrogen and oxygen atoms in total. The molecule has 18 heavy (non-hydrogen) atoms. The minimum Gasteiger partial charge on any atom is -0.347 e. The Morgan fingerprint density at radius 1 is 1.00 bits per heavy atom. The molecular formula is C14H19N3S. The van der Waals surface area contributed by atoms with Crippen LogP contribution in [0, 0.1) is 0 Å². The van der Waals surface area contributed by atoms with E-state index in [1.54, 1.807) is 0 Å². The molecule has 4 heteroatoms. The number of benzene rings is 1. The van der Waals surface area contributed by atoms with E-state index in [-0.39, 0.29) is 0 Å². The summed E-state index contributed by atoms with van der Waals surface area (Å²) in [5.41, 5.74) is 2.91. The SMILES string of the molecule is S=C(N1CCNCC1)N1CCc2ccccc2C1. The fourth-order valence-corrected chi connectivity index (χ4v) is 3.05. The van der Waals surface area contributed by atoms with Gasteiger partial charge >= 0.3 is 0 Å². The van der Waals surface area contributed by atoms with Crippen molar-refractivity contribution in [2.45, 2.75) is 13.0 Å². The number of thiocarbonyl (C=S) groups is 1. The fraction of sp³-hybridized carbons (Fsp3) is 0.500. The molecule has 0 saturated carbocycles. The summed E-state index contributed by atoms with van der Waals surface area (Å²) in [5, 5.41) is 4.40. The maximum Gasteiger partial charge on any atom is 0.171 e. The minimum atomic E-state index is 0.971. The molecule has 1 fully saturated rings. The lowest BCUT2D eigenvalue weighted by Crippen LogP contribution is -2.52. The summed E-state index contributed by atoms with van der Waals surface area (Å²) < 4.78 is 0. The van der Waals surface area contributed by atoms with Crippen LogP contribution in [-0.2, 0) is 13.0 Å². The van der Waals surface area contributed by atoms with E-state index < -0.39 is 0 Å². The summed E-state index contributed by atoms with van der Waals surface area (Å²) in [6, 6.07) is 8.71. The third-order valence-corrected chi connectivity index (χ3v) is 4.31. The Hall–Kier alpha value is -1.13. The van der Waals surface area contributed by atoms with Crippen molar-refractivity contribution < 1.29 is 0 Å². The van der Waals surface area contributed by atoms with Gasteiger partial charge in [-0.3, -0.25) is 0 Å². The van der Waals surface area contributed by atoms with Gasteiger partial charge in [0, 0.05) is 39.3 Å². The molecule has 1 aromatic carbocycles. The van der Waals surface area contributed by atoms with Crippen molar-refractivity contribution in [1.82, 2.24) is 15.1 Å². The number of fused-ring (bicyclic) bond motifs is 1. The molecule has 96 valence electrons. The summed E-state index contributed by atoms with van der Waals surface area (Å²) in [6.07, 6.45) is 1.11. The van der Waals surface area contributed by atoms with Crippen LogP contribution in [-0.4, -0.2) is 47.6 Å². The van der Waals surface area contributed by atoms with Gasteiger partial charge in [-0.05, 0) is 29.8 Å². The Morgan fingerprint density at radius 3 is 2.50 bits per heavy atom. The molecule has 0 radical (unpaired) electrons. The first-order valence-electron chi connectivity index (χ1n) is 6.66. The topological polar surface area (TPSA) is 18.5 Å². The van der Waals surface area contributed by atoms with Crippen molar-refractivity contribution >= 4 is 17.3 Å². The van der Waals surface area contributed by atoms with Crippen molar-refractivity contribution in [3.05, 3.63) is 35.4 Å². The first-order chi connectivity index (χ1) is 8.84. The van der Waals surface area contributed by atoms with Crippen LogP contribution < -0.4 is 5.32 Å². The average Bonchev–Trinajstić information content (AvgIpc) is 2.47. The van der Waals surface area contributed by atoms with E-state index in [0.717, 1.165) is 50.8 Å². The molecule has 3 rings (SSSR count). The highest BCUT2D eigenvalue weighted by Gasteiger charge is 2.22. The molecule has 0 spiro atoms. The van der Waals surface area contributed by atoms with Crippen molar-refractivity contribution in [3.8, 4) is 0 Å². The van der Waals surface area contributed by atoms with Gasteiger partial charge in [0.1, 0.15) is 0 Å². The van der Waals surface area contributed by atoms with Crippen LogP contribution in [0.1, 0.15) is 11.1 Å². The molecular weight excluding hydrogens is 242 g/mol. The van der Waals surface area contributed by atoms with Crippen molar-refractivity contribution in [1.29, 1.82) is 0 Å². The molecule has 0 aliphatic carbocycles. The van der Waals surface area contributed by atoms with Gasteiger partial charge in [0.15, 0.2) is 5.11 Å². The lowest BCUT2D eigenvalue weighted by molar-refractivity contribution is 0.289. The first-order valence-corrected chi connectivity index (χ1v) is 7.07. The normalized spacial score (nSPS) is 19.6. The molecule has 0 bridgehead atoms. The van der Waals surface area contributed by atoms with Gasteiger partial charge in [-0.2, -0.15) is 0 Å². The Kier molecular flexibility index (Phi) is 3.48. The van der Waals surface area contributed by atoms with Crippen molar-refractivity contribution in [2.24, 2.45) is 0 Å². The van der Waals surface area contributed by atoms with E-state index in [0.29, 0.717) is 0 Å². The summed E-state index contributed by atoms with van der Waals surface area (Å²) >= 11 is 5.65. The van der Waals surface area contributed by atoms with Gasteiger partial charge in [0.2, 0.25) is 0 Å². The molecule has 0 amide bonds. The maximum atomic E-state index is 5.65. The van der Waals surface area contributed by atoms with Gasteiger partial charge in [-0.25, -0.2) is 0 Å². The van der Waals surface area contributed by atoms with E-state index >= 15 is 0 Å².